The molecule has 3 aromatic rings. The molecule has 3 heterocycles. The normalized spacial score (nSPS) is 15.7. The van der Waals surface area contributed by atoms with Crippen molar-refractivity contribution in [1.82, 2.24) is 19.6 Å². The zero-order valence-corrected chi connectivity index (χ0v) is 51.9. The second-order valence-corrected chi connectivity index (χ2v) is 23.2. The van der Waals surface area contributed by atoms with Gasteiger partial charge in [-0.1, -0.05) is 70.5 Å². The quantitative estimate of drug-likeness (QED) is 0.0381. The minimum Gasteiger partial charge on any atom is -0.497 e. The number of hydrogen-bond acceptors (Lipinski definition) is 13. The van der Waals surface area contributed by atoms with E-state index in [0.29, 0.717) is 78.1 Å². The molecule has 0 atom stereocenters. The smallest absolute Gasteiger partial charge is 0.311 e. The lowest BCUT2D eigenvalue weighted by atomic mass is 9.90. The highest BCUT2D eigenvalue weighted by Gasteiger charge is 2.33. The first-order valence-electron chi connectivity index (χ1n) is 29.8. The summed E-state index contributed by atoms with van der Waals surface area (Å²) in [7, 11) is 3.25. The van der Waals surface area contributed by atoms with Crippen molar-refractivity contribution in [1.29, 1.82) is 0 Å². The molecule has 0 bridgehead atoms. The molecule has 83 heavy (non-hydrogen) atoms. The van der Waals surface area contributed by atoms with E-state index in [9.17, 15) is 28.8 Å². The van der Waals surface area contributed by atoms with E-state index in [2.05, 4.69) is 11.8 Å². The number of unbranched alkanes of at least 4 members (excludes halogenated alkanes) is 1. The van der Waals surface area contributed by atoms with Gasteiger partial charge in [0.1, 0.15) is 36.1 Å². The third kappa shape index (κ3) is 23.7. The van der Waals surface area contributed by atoms with Crippen LogP contribution in [0.4, 0.5) is 0 Å². The second-order valence-electron chi connectivity index (χ2n) is 23.2. The fourth-order valence-corrected chi connectivity index (χ4v) is 8.36. The average Bonchev–Trinajstić information content (AvgIpc) is 3.51. The van der Waals surface area contributed by atoms with E-state index < -0.39 is 16.2 Å². The van der Waals surface area contributed by atoms with Crippen LogP contribution in [0.5, 0.6) is 17.2 Å². The monoisotopic (exact) mass is 1150 g/mol. The first-order valence-corrected chi connectivity index (χ1v) is 29.8. The van der Waals surface area contributed by atoms with Gasteiger partial charge in [0.25, 0.3) is 0 Å². The number of benzene rings is 3. The second kappa shape index (κ2) is 34.6. The molecule has 6 rings (SSSR count). The third-order valence-electron chi connectivity index (χ3n) is 15.8. The van der Waals surface area contributed by atoms with Crippen molar-refractivity contribution in [3.05, 3.63) is 108 Å². The number of likely N-dealkylation sites (tertiary alicyclic amines) is 2. The Balaban J connectivity index is 0.000000268. The predicted octanol–water partition coefficient (Wildman–Crippen LogP) is 11.4. The molecule has 16 nitrogen and oxygen atoms in total. The molecule has 456 valence electrons. The maximum atomic E-state index is 12.5. The molecule has 0 saturated carbocycles. The van der Waals surface area contributed by atoms with Gasteiger partial charge in [-0.3, -0.25) is 33.7 Å². The van der Waals surface area contributed by atoms with Crippen molar-refractivity contribution in [3.8, 4) is 17.2 Å². The van der Waals surface area contributed by atoms with E-state index in [0.717, 1.165) is 85.7 Å². The highest BCUT2D eigenvalue weighted by atomic mass is 16.6. The number of methoxy groups -OCH3 is 2. The van der Waals surface area contributed by atoms with Crippen LogP contribution < -0.4 is 14.2 Å². The molecule has 0 unspecified atom stereocenters. The fraction of sp³-hybridized carbons (Fsp3) is 0.552. The summed E-state index contributed by atoms with van der Waals surface area (Å²) < 4.78 is 32.6. The Morgan fingerprint density at radius 3 is 1.13 bits per heavy atom. The number of hydrogen-bond donors (Lipinski definition) is 0. The number of carbonyl (C=O) groups is 6. The minimum atomic E-state index is -0.452. The van der Waals surface area contributed by atoms with Crippen molar-refractivity contribution in [2.45, 2.75) is 139 Å². The Morgan fingerprint density at radius 1 is 0.458 bits per heavy atom. The van der Waals surface area contributed by atoms with Gasteiger partial charge in [-0.25, -0.2) is 0 Å². The van der Waals surface area contributed by atoms with Gasteiger partial charge in [-0.05, 0) is 139 Å². The molecule has 0 spiro atoms. The van der Waals surface area contributed by atoms with Gasteiger partial charge in [-0.15, -0.1) is 0 Å². The number of rotatable bonds is 23. The molecular formula is C67H96N4O12. The van der Waals surface area contributed by atoms with Crippen molar-refractivity contribution in [2.24, 2.45) is 16.2 Å². The molecule has 0 radical (unpaired) electrons. The molecule has 16 heteroatoms. The topological polar surface area (TPSA) is 171 Å². The van der Waals surface area contributed by atoms with Gasteiger partial charge in [-0.2, -0.15) is 0 Å². The van der Waals surface area contributed by atoms with Crippen LogP contribution in [0.25, 0.3) is 18.2 Å². The van der Waals surface area contributed by atoms with Crippen LogP contribution in [0.3, 0.4) is 0 Å². The zero-order chi connectivity index (χ0) is 61.0. The van der Waals surface area contributed by atoms with Gasteiger partial charge in [0, 0.05) is 103 Å². The van der Waals surface area contributed by atoms with Gasteiger partial charge < -0.3 is 43.1 Å². The molecule has 0 aliphatic carbocycles. The van der Waals surface area contributed by atoms with Crippen LogP contribution in [0.2, 0.25) is 0 Å². The maximum absolute atomic E-state index is 12.5. The summed E-state index contributed by atoms with van der Waals surface area (Å²) in [6.45, 7) is 26.7. The van der Waals surface area contributed by atoms with Crippen LogP contribution in [-0.4, -0.2) is 154 Å². The first kappa shape index (κ1) is 68.6. The van der Waals surface area contributed by atoms with E-state index in [1.807, 2.05) is 157 Å². The van der Waals surface area contributed by atoms with E-state index in [4.69, 9.17) is 28.4 Å². The summed E-state index contributed by atoms with van der Waals surface area (Å²) in [6, 6.07) is 22.9. The molecule has 3 aliphatic rings. The Hall–Kier alpha value is -6.94. The summed E-state index contributed by atoms with van der Waals surface area (Å²) in [4.78, 5) is 81.2. The molecule has 3 amide bonds. The van der Waals surface area contributed by atoms with Gasteiger partial charge in [0.2, 0.25) is 17.7 Å². The third-order valence-corrected chi connectivity index (χ3v) is 15.8. The highest BCUT2D eigenvalue weighted by Crippen LogP contribution is 2.27. The number of piperidine rings is 2. The number of esters is 3. The Labute approximate surface area is 495 Å². The predicted molar refractivity (Wildman–Crippen MR) is 328 cm³/mol. The molecular weight excluding hydrogens is 1050 g/mol. The highest BCUT2D eigenvalue weighted by molar-refractivity contribution is 5.93. The van der Waals surface area contributed by atoms with Crippen molar-refractivity contribution in [2.75, 3.05) is 86.3 Å². The molecule has 0 aromatic heterocycles. The van der Waals surface area contributed by atoms with E-state index in [1.54, 1.807) is 43.4 Å². The Morgan fingerprint density at radius 2 is 0.795 bits per heavy atom. The SMILES string of the molecule is CCC(C)(C)C(=O)OC1CCN(C(=O)/C=C/c2ccc(OC)cc2)CC1.CCC(C)(C)C(=O)OCCN1CCN(C(=O)/C=C/c2ccc(OC)cc2)CC1.CCCCOc1ccc(/C=C/C(=O)N2CCC(OC(=O)C(C)(C)CC)CC2)cc1. The van der Waals surface area contributed by atoms with Gasteiger partial charge in [0.15, 0.2) is 0 Å². The van der Waals surface area contributed by atoms with E-state index >= 15 is 0 Å². The molecule has 0 N–H and O–H groups in total. The lowest BCUT2D eigenvalue weighted by Crippen LogP contribution is -2.49. The maximum Gasteiger partial charge on any atom is 0.311 e. The van der Waals surface area contributed by atoms with Crippen molar-refractivity contribution < 1.29 is 57.2 Å². The lowest BCUT2D eigenvalue weighted by molar-refractivity contribution is -0.163. The van der Waals surface area contributed by atoms with Crippen molar-refractivity contribution in [3.63, 3.8) is 0 Å². The van der Waals surface area contributed by atoms with Gasteiger partial charge in [0.05, 0.1) is 37.1 Å². The fourth-order valence-electron chi connectivity index (χ4n) is 8.36. The number of carbonyl (C=O) groups excluding carboxylic acids is 6. The van der Waals surface area contributed by atoms with E-state index in [-0.39, 0.29) is 47.8 Å². The van der Waals surface area contributed by atoms with Crippen molar-refractivity contribution >= 4 is 53.9 Å². The van der Waals surface area contributed by atoms with Crippen LogP contribution in [0.1, 0.15) is 144 Å². The summed E-state index contributed by atoms with van der Waals surface area (Å²) in [5.74, 6) is 1.99. The summed E-state index contributed by atoms with van der Waals surface area (Å²) >= 11 is 0. The number of ether oxygens (including phenoxy) is 6. The molecule has 3 saturated heterocycles. The first-order chi connectivity index (χ1) is 39.6. The van der Waals surface area contributed by atoms with E-state index in [1.165, 1.54) is 0 Å². The average molecular weight is 1150 g/mol. The number of amides is 3. The lowest BCUT2D eigenvalue weighted by Gasteiger charge is -2.34. The molecule has 3 aliphatic heterocycles. The number of piperazine rings is 1. The Kier molecular flexibility index (Phi) is 28.6. The molecule has 3 fully saturated rings. The standard InChI is InChI=1S/C24H35NO4.C22H32N2O4.C21H29NO4/c1-5-7-18-28-20-11-8-19(9-12-20)10-13-22(26)25-16-14-21(15-17-25)29-23(27)24(3,4)6-2;1-5-22(2,3)21(26)28-17-16-23-12-14-24(15-13-23)20(25)11-8-18-6-9-19(27-4)10-7-18;1-5-21(2,3)20(24)26-18-12-14-22(15-13-18)19(23)11-8-16-6-9-17(25-4)10-7-16/h8-13,21H,5-7,14-18H2,1-4H3;6-11H,5,12-17H2,1-4H3;6-11,18H,5,12-15H2,1-4H3/b13-10+;2*11-8+. The summed E-state index contributed by atoms with van der Waals surface area (Å²) in [5, 5.41) is 0. The van der Waals surface area contributed by atoms with Crippen LogP contribution in [-0.2, 0) is 43.0 Å². The minimum absolute atomic E-state index is 0.00747. The number of nitrogens with zero attached hydrogens (tertiary/aromatic N) is 4. The summed E-state index contributed by atoms with van der Waals surface area (Å²) in [6.07, 6.45) is 17.3. The van der Waals surface area contributed by atoms with Crippen LogP contribution in [0, 0.1) is 16.2 Å². The van der Waals surface area contributed by atoms with Crippen LogP contribution in [0.15, 0.2) is 91.0 Å². The summed E-state index contributed by atoms with van der Waals surface area (Å²) in [5.41, 5.74) is 1.54. The van der Waals surface area contributed by atoms with Gasteiger partial charge >= 0.3 is 17.9 Å². The van der Waals surface area contributed by atoms with Crippen LogP contribution >= 0.6 is 0 Å². The molecule has 3 aromatic carbocycles. The largest absolute Gasteiger partial charge is 0.497 e. The zero-order valence-electron chi connectivity index (χ0n) is 51.9. The Bertz CT molecular complexity index is 2570.